The molecule has 0 bridgehead atoms. The van der Waals surface area contributed by atoms with E-state index in [1.54, 1.807) is 0 Å². The van der Waals surface area contributed by atoms with Gasteiger partial charge in [-0.3, -0.25) is 9.69 Å². The molecule has 7 nitrogen and oxygen atoms in total. The Morgan fingerprint density at radius 3 is 2.67 bits per heavy atom. The minimum absolute atomic E-state index is 0.0742. The molecule has 2 heterocycles. The molecule has 0 aliphatic carbocycles. The number of amides is 1. The summed E-state index contributed by atoms with van der Waals surface area (Å²) in [6, 6.07) is 0.341. The van der Waals surface area contributed by atoms with Crippen LogP contribution < -0.4 is 5.32 Å². The van der Waals surface area contributed by atoms with Crippen LogP contribution in [0.5, 0.6) is 0 Å². The molecule has 0 spiro atoms. The van der Waals surface area contributed by atoms with Gasteiger partial charge in [0.1, 0.15) is 13.2 Å². The number of nitrogens with zero attached hydrogens (tertiary/aromatic N) is 2. The first kappa shape index (κ1) is 15.8. The van der Waals surface area contributed by atoms with E-state index in [0.717, 1.165) is 25.9 Å². The summed E-state index contributed by atoms with van der Waals surface area (Å²) in [6.45, 7) is 4.06. The summed E-state index contributed by atoms with van der Waals surface area (Å²) in [5.74, 6) is -0.346. The maximum absolute atomic E-state index is 11.7. The first-order valence-electron chi connectivity index (χ1n) is 7.07. The second-order valence-electron chi connectivity index (χ2n) is 5.29. The van der Waals surface area contributed by atoms with E-state index < -0.39 is 0 Å². The summed E-state index contributed by atoms with van der Waals surface area (Å²) in [7, 11) is 1.34. The lowest BCUT2D eigenvalue weighted by molar-refractivity contribution is -0.139. The second-order valence-corrected chi connectivity index (χ2v) is 5.67. The molecule has 2 saturated heterocycles. The lowest BCUT2D eigenvalue weighted by Crippen LogP contribution is -2.51. The van der Waals surface area contributed by atoms with Crippen molar-refractivity contribution in [3.05, 3.63) is 0 Å². The summed E-state index contributed by atoms with van der Waals surface area (Å²) in [5, 5.41) is 3.43. The van der Waals surface area contributed by atoms with E-state index in [2.05, 4.69) is 10.1 Å². The van der Waals surface area contributed by atoms with Crippen LogP contribution in [0.4, 0.5) is 4.79 Å². The molecular weight excluding hydrogens is 294 g/mol. The number of hydrogen-bond donors (Lipinski definition) is 1. The minimum atomic E-state index is -0.346. The zero-order valence-corrected chi connectivity index (χ0v) is 13.1. The maximum Gasteiger partial charge on any atom is 0.410 e. The molecule has 1 amide bonds. The molecule has 0 radical (unpaired) electrons. The van der Waals surface area contributed by atoms with E-state index in [9.17, 15) is 9.59 Å². The summed E-state index contributed by atoms with van der Waals surface area (Å²) in [5.41, 5.74) is 0. The highest BCUT2D eigenvalue weighted by Gasteiger charge is 2.37. The van der Waals surface area contributed by atoms with Crippen LogP contribution in [0.2, 0.25) is 0 Å². The third-order valence-electron chi connectivity index (χ3n) is 3.89. The number of rotatable bonds is 3. The molecule has 2 aliphatic rings. The zero-order chi connectivity index (χ0) is 15.4. The highest BCUT2D eigenvalue weighted by molar-refractivity contribution is 7.80. The third-order valence-corrected chi connectivity index (χ3v) is 4.29. The van der Waals surface area contributed by atoms with Crippen LogP contribution in [-0.4, -0.2) is 72.4 Å². The first-order valence-corrected chi connectivity index (χ1v) is 7.48. The lowest BCUT2D eigenvalue weighted by Gasteiger charge is -2.38. The van der Waals surface area contributed by atoms with Crippen LogP contribution in [0.15, 0.2) is 0 Å². The molecule has 2 rings (SSSR count). The summed E-state index contributed by atoms with van der Waals surface area (Å²) >= 11 is 5.26. The molecule has 2 aliphatic heterocycles. The van der Waals surface area contributed by atoms with Gasteiger partial charge >= 0.3 is 12.1 Å². The Bertz CT molecular complexity index is 424. The van der Waals surface area contributed by atoms with E-state index >= 15 is 0 Å². The van der Waals surface area contributed by atoms with Crippen molar-refractivity contribution < 1.29 is 19.1 Å². The highest BCUT2D eigenvalue weighted by atomic mass is 32.1. The van der Waals surface area contributed by atoms with Crippen molar-refractivity contribution in [2.24, 2.45) is 0 Å². The Hall–Kier alpha value is -1.57. The number of piperidine rings is 1. The van der Waals surface area contributed by atoms with Crippen molar-refractivity contribution in [1.82, 2.24) is 15.1 Å². The lowest BCUT2D eigenvalue weighted by atomic mass is 10.0. The van der Waals surface area contributed by atoms with Gasteiger partial charge in [-0.25, -0.2) is 4.79 Å². The van der Waals surface area contributed by atoms with E-state index in [1.165, 1.54) is 7.11 Å². The normalized spacial score (nSPS) is 23.0. The van der Waals surface area contributed by atoms with Crippen LogP contribution in [-0.2, 0) is 14.3 Å². The van der Waals surface area contributed by atoms with Gasteiger partial charge in [0.15, 0.2) is 5.11 Å². The molecule has 21 heavy (non-hydrogen) atoms. The SMILES string of the molecule is COC(=O)CNC(=S)N1CCC(N2C(=O)OCC2C)CC1. The smallest absolute Gasteiger partial charge is 0.410 e. The molecule has 1 atom stereocenters. The summed E-state index contributed by atoms with van der Waals surface area (Å²) in [4.78, 5) is 26.6. The predicted octanol–water partition coefficient (Wildman–Crippen LogP) is 0.339. The fraction of sp³-hybridized carbons (Fsp3) is 0.769. The van der Waals surface area contributed by atoms with Crippen LogP contribution in [0.25, 0.3) is 0 Å². The third kappa shape index (κ3) is 3.75. The average molecular weight is 315 g/mol. The Labute approximate surface area is 129 Å². The van der Waals surface area contributed by atoms with Gasteiger partial charge in [0, 0.05) is 19.1 Å². The van der Waals surface area contributed by atoms with E-state index in [4.69, 9.17) is 17.0 Å². The largest absolute Gasteiger partial charge is 0.468 e. The number of nitrogens with one attached hydrogen (secondary N) is 1. The molecule has 1 N–H and O–H groups in total. The van der Waals surface area contributed by atoms with E-state index in [-0.39, 0.29) is 30.7 Å². The van der Waals surface area contributed by atoms with Gasteiger partial charge in [0.2, 0.25) is 0 Å². The molecule has 0 aromatic rings. The average Bonchev–Trinajstić information content (AvgIpc) is 2.83. The standard InChI is InChI=1S/C13H21N3O4S/c1-9-8-20-13(18)16(9)10-3-5-15(6-4-10)12(21)14-7-11(17)19-2/h9-10H,3-8H2,1-2H3,(H,14,21). The van der Waals surface area contributed by atoms with Crippen LogP contribution in [0, 0.1) is 0 Å². The maximum atomic E-state index is 11.7. The second kappa shape index (κ2) is 6.93. The van der Waals surface area contributed by atoms with E-state index in [1.807, 2.05) is 16.7 Å². The Kier molecular flexibility index (Phi) is 5.22. The molecule has 1 unspecified atom stereocenters. The molecule has 0 aromatic carbocycles. The number of cyclic esters (lactones) is 1. The van der Waals surface area contributed by atoms with Crippen LogP contribution in [0.1, 0.15) is 19.8 Å². The fourth-order valence-corrected chi connectivity index (χ4v) is 2.97. The van der Waals surface area contributed by atoms with Gasteiger partial charge in [0.25, 0.3) is 0 Å². The minimum Gasteiger partial charge on any atom is -0.468 e. The Morgan fingerprint density at radius 1 is 1.48 bits per heavy atom. The summed E-state index contributed by atoms with van der Waals surface area (Å²) < 4.78 is 9.62. The van der Waals surface area contributed by atoms with Crippen molar-refractivity contribution in [2.45, 2.75) is 31.8 Å². The predicted molar refractivity (Wildman–Crippen MR) is 79.9 cm³/mol. The number of carbonyl (C=O) groups excluding carboxylic acids is 2. The molecular formula is C13H21N3O4S. The van der Waals surface area contributed by atoms with Gasteiger partial charge in [0.05, 0.1) is 13.2 Å². The van der Waals surface area contributed by atoms with Gasteiger partial charge in [-0.15, -0.1) is 0 Å². The van der Waals surface area contributed by atoms with E-state index in [0.29, 0.717) is 11.7 Å². The van der Waals surface area contributed by atoms with Gasteiger partial charge < -0.3 is 19.7 Å². The summed E-state index contributed by atoms with van der Waals surface area (Å²) in [6.07, 6.45) is 1.48. The number of thiocarbonyl (C=S) groups is 1. The topological polar surface area (TPSA) is 71.1 Å². The number of methoxy groups -OCH3 is 1. The number of hydrogen-bond acceptors (Lipinski definition) is 5. The zero-order valence-electron chi connectivity index (χ0n) is 12.3. The Balaban J connectivity index is 1.79. The first-order chi connectivity index (χ1) is 10.0. The number of esters is 1. The van der Waals surface area contributed by atoms with Gasteiger partial charge in [-0.2, -0.15) is 0 Å². The van der Waals surface area contributed by atoms with Crippen molar-refractivity contribution in [1.29, 1.82) is 0 Å². The number of ether oxygens (including phenoxy) is 2. The molecule has 118 valence electrons. The van der Waals surface area contributed by atoms with Crippen LogP contribution >= 0.6 is 12.2 Å². The van der Waals surface area contributed by atoms with Crippen molar-refractivity contribution in [3.8, 4) is 0 Å². The molecule has 0 aromatic heterocycles. The number of carbonyl (C=O) groups is 2. The number of likely N-dealkylation sites (tertiary alicyclic amines) is 1. The van der Waals surface area contributed by atoms with Gasteiger partial charge in [-0.05, 0) is 32.0 Å². The quantitative estimate of drug-likeness (QED) is 0.595. The van der Waals surface area contributed by atoms with Crippen molar-refractivity contribution >= 4 is 29.4 Å². The highest BCUT2D eigenvalue weighted by Crippen LogP contribution is 2.23. The van der Waals surface area contributed by atoms with Crippen molar-refractivity contribution in [3.63, 3.8) is 0 Å². The fourth-order valence-electron chi connectivity index (χ4n) is 2.71. The molecule has 8 heteroatoms. The Morgan fingerprint density at radius 2 is 2.14 bits per heavy atom. The van der Waals surface area contributed by atoms with Gasteiger partial charge in [-0.1, -0.05) is 0 Å². The molecule has 2 fully saturated rings. The molecule has 0 saturated carbocycles. The van der Waals surface area contributed by atoms with Crippen LogP contribution in [0.3, 0.4) is 0 Å². The van der Waals surface area contributed by atoms with Crippen molar-refractivity contribution in [2.75, 3.05) is 33.4 Å². The monoisotopic (exact) mass is 315 g/mol.